The third-order valence-corrected chi connectivity index (χ3v) is 3.62. The molecule has 0 saturated heterocycles. The van der Waals surface area contributed by atoms with Crippen LogP contribution in [0.5, 0.6) is 0 Å². The summed E-state index contributed by atoms with van der Waals surface area (Å²) in [4.78, 5) is 24.7. The summed E-state index contributed by atoms with van der Waals surface area (Å²) in [7, 11) is 0. The van der Waals surface area contributed by atoms with E-state index in [1.165, 1.54) is 0 Å². The van der Waals surface area contributed by atoms with E-state index in [1.54, 1.807) is 0 Å². The number of ether oxygens (including phenoxy) is 1. The van der Waals surface area contributed by atoms with Gasteiger partial charge in [0.1, 0.15) is 6.61 Å². The zero-order valence-electron chi connectivity index (χ0n) is 15.3. The van der Waals surface area contributed by atoms with Gasteiger partial charge in [-0.3, -0.25) is 4.79 Å². The second kappa shape index (κ2) is 7.16. The van der Waals surface area contributed by atoms with Gasteiger partial charge in [-0.15, -0.1) is 0 Å². The molecule has 1 unspecified atom stereocenters. The lowest BCUT2D eigenvalue weighted by Crippen LogP contribution is -2.52. The highest BCUT2D eigenvalue weighted by molar-refractivity contribution is 5.91. The van der Waals surface area contributed by atoms with Gasteiger partial charge in [-0.25, -0.2) is 4.79 Å². The van der Waals surface area contributed by atoms with Crippen LogP contribution in [0.4, 0.5) is 4.79 Å². The molecule has 0 saturated carbocycles. The van der Waals surface area contributed by atoms with Crippen LogP contribution in [-0.4, -0.2) is 17.9 Å². The van der Waals surface area contributed by atoms with E-state index in [9.17, 15) is 9.59 Å². The van der Waals surface area contributed by atoms with Crippen molar-refractivity contribution in [3.05, 3.63) is 35.4 Å². The molecule has 1 aromatic rings. The summed E-state index contributed by atoms with van der Waals surface area (Å²) in [6.45, 7) is 13.6. The highest BCUT2D eigenvalue weighted by Gasteiger charge is 2.38. The average molecular weight is 319 g/mol. The maximum absolute atomic E-state index is 12.6. The van der Waals surface area contributed by atoms with Crippen LogP contribution in [0, 0.1) is 17.8 Å². The zero-order valence-corrected chi connectivity index (χ0v) is 15.3. The standard InChI is InChI=1S/C19H29NO3/c1-13-8-10-14(11-9-13)12-23-17(22)20-15(18(2,3)4)16(21)19(5,6)7/h8-11,15H,12H2,1-7H3,(H,20,22). The van der Waals surface area contributed by atoms with Crippen LogP contribution < -0.4 is 5.32 Å². The summed E-state index contributed by atoms with van der Waals surface area (Å²) in [5, 5.41) is 2.73. The van der Waals surface area contributed by atoms with Gasteiger partial charge in [-0.05, 0) is 17.9 Å². The smallest absolute Gasteiger partial charge is 0.408 e. The fraction of sp³-hybridized carbons (Fsp3) is 0.579. The first-order valence-electron chi connectivity index (χ1n) is 7.94. The van der Waals surface area contributed by atoms with Crippen molar-refractivity contribution in [1.82, 2.24) is 5.32 Å². The quantitative estimate of drug-likeness (QED) is 0.902. The second-order valence-electron chi connectivity index (χ2n) is 8.12. The number of hydrogen-bond donors (Lipinski definition) is 1. The molecule has 0 aromatic heterocycles. The summed E-state index contributed by atoms with van der Waals surface area (Å²) in [6.07, 6.45) is -0.567. The minimum atomic E-state index is -0.590. The highest BCUT2D eigenvalue weighted by atomic mass is 16.5. The number of amides is 1. The van der Waals surface area contributed by atoms with E-state index in [2.05, 4.69) is 5.32 Å². The van der Waals surface area contributed by atoms with Crippen molar-refractivity contribution in [3.63, 3.8) is 0 Å². The Kier molecular flexibility index (Phi) is 5.98. The zero-order chi connectivity index (χ0) is 17.8. The van der Waals surface area contributed by atoms with Gasteiger partial charge in [0.15, 0.2) is 5.78 Å². The number of Topliss-reactive ketones (excluding diaryl/α,β-unsaturated/α-hetero) is 1. The molecule has 1 N–H and O–H groups in total. The third kappa shape index (κ3) is 6.05. The maximum atomic E-state index is 12.6. The number of rotatable bonds is 4. The van der Waals surface area contributed by atoms with Gasteiger partial charge in [0.2, 0.25) is 0 Å². The first kappa shape index (κ1) is 19.2. The van der Waals surface area contributed by atoms with Crippen LogP contribution in [0.25, 0.3) is 0 Å². The number of carbonyl (C=O) groups excluding carboxylic acids is 2. The first-order valence-corrected chi connectivity index (χ1v) is 7.94. The number of benzene rings is 1. The molecule has 0 aliphatic rings. The van der Waals surface area contributed by atoms with E-state index in [-0.39, 0.29) is 17.8 Å². The normalized spacial score (nSPS) is 13.3. The Morgan fingerprint density at radius 2 is 1.57 bits per heavy atom. The van der Waals surface area contributed by atoms with Gasteiger partial charge < -0.3 is 10.1 Å². The Labute approximate surface area is 139 Å². The van der Waals surface area contributed by atoms with Crippen LogP contribution >= 0.6 is 0 Å². The summed E-state index contributed by atoms with van der Waals surface area (Å²) in [6, 6.07) is 7.19. The predicted octanol–water partition coefficient (Wildman–Crippen LogP) is 4.25. The maximum Gasteiger partial charge on any atom is 0.408 e. The van der Waals surface area contributed by atoms with E-state index >= 15 is 0 Å². The summed E-state index contributed by atoms with van der Waals surface area (Å²) in [5.41, 5.74) is 1.16. The molecule has 4 heteroatoms. The van der Waals surface area contributed by atoms with E-state index in [0.717, 1.165) is 11.1 Å². The Morgan fingerprint density at radius 3 is 2.00 bits per heavy atom. The Balaban J connectivity index is 2.71. The number of aryl methyl sites for hydroxylation is 1. The van der Waals surface area contributed by atoms with Crippen molar-refractivity contribution in [2.24, 2.45) is 10.8 Å². The molecule has 0 spiro atoms. The molecule has 1 rings (SSSR count). The largest absolute Gasteiger partial charge is 0.445 e. The molecule has 1 aromatic carbocycles. The van der Waals surface area contributed by atoms with E-state index in [1.807, 2.05) is 72.7 Å². The lowest BCUT2D eigenvalue weighted by Gasteiger charge is -2.34. The molecule has 1 atom stereocenters. The van der Waals surface area contributed by atoms with Gasteiger partial charge in [-0.1, -0.05) is 71.4 Å². The fourth-order valence-electron chi connectivity index (χ4n) is 2.10. The van der Waals surface area contributed by atoms with Crippen molar-refractivity contribution < 1.29 is 14.3 Å². The molecule has 4 nitrogen and oxygen atoms in total. The lowest BCUT2D eigenvalue weighted by atomic mass is 9.76. The molecule has 128 valence electrons. The topological polar surface area (TPSA) is 55.4 Å². The molecular formula is C19H29NO3. The SMILES string of the molecule is Cc1ccc(COC(=O)NC(C(=O)C(C)(C)C)C(C)(C)C)cc1. The van der Waals surface area contributed by atoms with Crippen molar-refractivity contribution in [2.75, 3.05) is 0 Å². The minimum absolute atomic E-state index is 0.00251. The molecule has 0 heterocycles. The van der Waals surface area contributed by atoms with Gasteiger partial charge in [0.25, 0.3) is 0 Å². The molecule has 0 aliphatic carbocycles. The predicted molar refractivity (Wildman–Crippen MR) is 92.2 cm³/mol. The second-order valence-corrected chi connectivity index (χ2v) is 8.12. The number of nitrogens with one attached hydrogen (secondary N) is 1. The Bertz CT molecular complexity index is 547. The van der Waals surface area contributed by atoms with E-state index in [4.69, 9.17) is 4.74 Å². The summed E-state index contributed by atoms with van der Waals surface area (Å²) < 4.78 is 5.25. The molecule has 0 radical (unpaired) electrons. The lowest BCUT2D eigenvalue weighted by molar-refractivity contribution is -0.130. The van der Waals surface area contributed by atoms with Gasteiger partial charge in [-0.2, -0.15) is 0 Å². The Hall–Kier alpha value is -1.84. The third-order valence-electron chi connectivity index (χ3n) is 3.62. The van der Waals surface area contributed by atoms with Gasteiger partial charge in [0.05, 0.1) is 6.04 Å². The number of carbonyl (C=O) groups is 2. The van der Waals surface area contributed by atoms with E-state index in [0.29, 0.717) is 0 Å². The molecule has 0 fully saturated rings. The number of alkyl carbamates (subject to hydrolysis) is 1. The van der Waals surface area contributed by atoms with Gasteiger partial charge in [0, 0.05) is 5.41 Å². The van der Waals surface area contributed by atoms with Gasteiger partial charge >= 0.3 is 6.09 Å². The van der Waals surface area contributed by atoms with Crippen LogP contribution in [0.2, 0.25) is 0 Å². The summed E-state index contributed by atoms with van der Waals surface area (Å²) in [5.74, 6) is -0.00251. The van der Waals surface area contributed by atoms with Crippen molar-refractivity contribution in [2.45, 2.75) is 61.1 Å². The molecular weight excluding hydrogens is 290 g/mol. The van der Waals surface area contributed by atoms with Crippen LogP contribution in [0.3, 0.4) is 0 Å². The summed E-state index contributed by atoms with van der Waals surface area (Å²) >= 11 is 0. The van der Waals surface area contributed by atoms with Crippen LogP contribution in [-0.2, 0) is 16.1 Å². The highest BCUT2D eigenvalue weighted by Crippen LogP contribution is 2.27. The molecule has 1 amide bonds. The molecule has 0 aliphatic heterocycles. The van der Waals surface area contributed by atoms with Crippen LogP contribution in [0.15, 0.2) is 24.3 Å². The first-order chi connectivity index (χ1) is 10.4. The van der Waals surface area contributed by atoms with E-state index < -0.39 is 17.6 Å². The number of hydrogen-bond acceptors (Lipinski definition) is 3. The monoisotopic (exact) mass is 319 g/mol. The average Bonchev–Trinajstić information content (AvgIpc) is 2.41. The molecule has 23 heavy (non-hydrogen) atoms. The fourth-order valence-corrected chi connectivity index (χ4v) is 2.10. The van der Waals surface area contributed by atoms with Crippen molar-refractivity contribution in [1.29, 1.82) is 0 Å². The van der Waals surface area contributed by atoms with Crippen molar-refractivity contribution >= 4 is 11.9 Å². The molecule has 0 bridgehead atoms. The van der Waals surface area contributed by atoms with Crippen LogP contribution in [0.1, 0.15) is 52.7 Å². The Morgan fingerprint density at radius 1 is 1.04 bits per heavy atom. The minimum Gasteiger partial charge on any atom is -0.445 e. The van der Waals surface area contributed by atoms with Crippen molar-refractivity contribution in [3.8, 4) is 0 Å². The number of ketones is 1.